The minimum Gasteiger partial charge on any atom is -0.465 e. The quantitative estimate of drug-likeness (QED) is 0.805. The maximum atomic E-state index is 12.4. The largest absolute Gasteiger partial charge is 0.465 e. The van der Waals surface area contributed by atoms with Crippen molar-refractivity contribution in [2.75, 3.05) is 24.7 Å². The van der Waals surface area contributed by atoms with Crippen LogP contribution in [0.3, 0.4) is 0 Å². The zero-order chi connectivity index (χ0) is 19.2. The summed E-state index contributed by atoms with van der Waals surface area (Å²) in [6.07, 6.45) is 0. The summed E-state index contributed by atoms with van der Waals surface area (Å²) in [5.74, 6) is -0.570. The minimum atomic E-state index is -0.443. The maximum absolute atomic E-state index is 12.4. The lowest BCUT2D eigenvalue weighted by molar-refractivity contribution is -0.129. The number of hydrogen-bond acceptors (Lipinski definition) is 5. The summed E-state index contributed by atoms with van der Waals surface area (Å²) < 4.78 is 4.64. The van der Waals surface area contributed by atoms with E-state index in [4.69, 9.17) is 0 Å². The van der Waals surface area contributed by atoms with Crippen molar-refractivity contribution in [3.8, 4) is 0 Å². The van der Waals surface area contributed by atoms with Crippen molar-refractivity contribution < 1.29 is 19.1 Å². The normalized spacial score (nSPS) is 13.7. The summed E-state index contributed by atoms with van der Waals surface area (Å²) in [5.41, 5.74) is 2.53. The van der Waals surface area contributed by atoms with Crippen molar-refractivity contribution >= 4 is 40.9 Å². The zero-order valence-corrected chi connectivity index (χ0v) is 15.5. The van der Waals surface area contributed by atoms with Crippen molar-refractivity contribution in [1.82, 2.24) is 4.90 Å². The third kappa shape index (κ3) is 4.57. The number of hydrogen-bond donors (Lipinski definition) is 1. The van der Waals surface area contributed by atoms with Gasteiger partial charge in [0.25, 0.3) is 0 Å². The van der Waals surface area contributed by atoms with Crippen LogP contribution < -0.4 is 5.32 Å². The molecule has 6 nitrogen and oxygen atoms in total. The number of nitrogens with one attached hydrogen (secondary N) is 1. The molecule has 1 aliphatic rings. The Bertz CT molecular complexity index is 879. The number of amides is 2. The Morgan fingerprint density at radius 2 is 1.81 bits per heavy atom. The van der Waals surface area contributed by atoms with E-state index in [0.29, 0.717) is 22.7 Å². The third-order valence-electron chi connectivity index (χ3n) is 3.95. The average Bonchev–Trinajstić information content (AvgIpc) is 2.70. The van der Waals surface area contributed by atoms with Crippen LogP contribution in [0.5, 0.6) is 0 Å². The van der Waals surface area contributed by atoms with E-state index in [1.54, 1.807) is 24.3 Å². The van der Waals surface area contributed by atoms with Crippen LogP contribution in [0.1, 0.15) is 15.9 Å². The number of nitrogens with zero attached hydrogens (tertiary/aromatic N) is 1. The number of carbonyl (C=O) groups is 3. The van der Waals surface area contributed by atoms with Crippen LogP contribution in [0, 0.1) is 0 Å². The molecule has 0 fully saturated rings. The number of ether oxygens (including phenoxy) is 1. The molecule has 0 spiro atoms. The Kier molecular flexibility index (Phi) is 5.93. The van der Waals surface area contributed by atoms with Crippen LogP contribution in [-0.2, 0) is 14.3 Å². The highest BCUT2D eigenvalue weighted by Crippen LogP contribution is 2.28. The third-order valence-corrected chi connectivity index (χ3v) is 4.76. The molecular weight excluding hydrogens is 364 g/mol. The fraction of sp³-hybridized carbons (Fsp3) is 0.150. The van der Waals surface area contributed by atoms with Crippen molar-refractivity contribution in [3.05, 3.63) is 71.1 Å². The van der Waals surface area contributed by atoms with E-state index >= 15 is 0 Å². The van der Waals surface area contributed by atoms with Gasteiger partial charge in [-0.1, -0.05) is 30.3 Å². The van der Waals surface area contributed by atoms with Gasteiger partial charge >= 0.3 is 5.97 Å². The molecule has 0 aromatic heterocycles. The summed E-state index contributed by atoms with van der Waals surface area (Å²) in [6.45, 7) is -0.0845. The number of esters is 1. The summed E-state index contributed by atoms with van der Waals surface area (Å²) in [6, 6.07) is 15.9. The molecule has 0 aliphatic carbocycles. The molecule has 2 amide bonds. The first-order valence-corrected chi connectivity index (χ1v) is 9.29. The molecule has 0 radical (unpaired) electrons. The highest BCUT2D eigenvalue weighted by Gasteiger charge is 2.25. The molecule has 2 aromatic carbocycles. The topological polar surface area (TPSA) is 75.7 Å². The lowest BCUT2D eigenvalue weighted by Crippen LogP contribution is -2.39. The molecular formula is C20H18N2O4S. The zero-order valence-electron chi connectivity index (χ0n) is 14.7. The Labute approximate surface area is 161 Å². The molecule has 1 N–H and O–H groups in total. The molecule has 1 heterocycles. The average molecular weight is 382 g/mol. The molecule has 27 heavy (non-hydrogen) atoms. The highest BCUT2D eigenvalue weighted by molar-refractivity contribution is 8.03. The summed E-state index contributed by atoms with van der Waals surface area (Å²) >= 11 is 1.42. The van der Waals surface area contributed by atoms with Crippen LogP contribution in [0.4, 0.5) is 5.69 Å². The van der Waals surface area contributed by atoms with Crippen molar-refractivity contribution in [1.29, 1.82) is 0 Å². The fourth-order valence-corrected chi connectivity index (χ4v) is 3.43. The predicted molar refractivity (Wildman–Crippen MR) is 105 cm³/mol. The molecule has 2 aromatic rings. The van der Waals surface area contributed by atoms with E-state index < -0.39 is 5.97 Å². The van der Waals surface area contributed by atoms with Gasteiger partial charge in [0.2, 0.25) is 11.8 Å². The SMILES string of the molecule is COC(=O)c1ccc(NC(=O)CN2C(=O)CSC=C2c2ccccc2)cc1. The lowest BCUT2D eigenvalue weighted by atomic mass is 10.1. The van der Waals surface area contributed by atoms with Crippen molar-refractivity contribution in [2.24, 2.45) is 0 Å². The van der Waals surface area contributed by atoms with E-state index in [9.17, 15) is 14.4 Å². The monoisotopic (exact) mass is 382 g/mol. The van der Waals surface area contributed by atoms with Gasteiger partial charge in [0, 0.05) is 5.69 Å². The second kappa shape index (κ2) is 8.55. The maximum Gasteiger partial charge on any atom is 0.337 e. The van der Waals surface area contributed by atoms with Gasteiger partial charge in [0.15, 0.2) is 0 Å². The van der Waals surface area contributed by atoms with Gasteiger partial charge in [-0.15, -0.1) is 11.8 Å². The molecule has 0 bridgehead atoms. The molecule has 0 saturated carbocycles. The number of thioether (sulfide) groups is 1. The summed E-state index contributed by atoms with van der Waals surface area (Å²) in [7, 11) is 1.31. The smallest absolute Gasteiger partial charge is 0.337 e. The van der Waals surface area contributed by atoms with Gasteiger partial charge in [0.05, 0.1) is 24.1 Å². The standard InChI is InChI=1S/C20H18N2O4S/c1-26-20(25)15-7-9-16(10-8-15)21-18(23)11-22-17(12-27-13-19(22)24)14-5-3-2-4-6-14/h2-10,12H,11,13H2,1H3,(H,21,23). The van der Waals surface area contributed by atoms with Crippen molar-refractivity contribution in [3.63, 3.8) is 0 Å². The van der Waals surface area contributed by atoms with Crippen LogP contribution in [0.15, 0.2) is 60.0 Å². The first-order chi connectivity index (χ1) is 13.1. The van der Waals surface area contributed by atoms with E-state index in [0.717, 1.165) is 5.56 Å². The number of anilines is 1. The number of rotatable bonds is 5. The van der Waals surface area contributed by atoms with E-state index in [-0.39, 0.29) is 18.4 Å². The van der Waals surface area contributed by atoms with Gasteiger partial charge in [0.1, 0.15) is 6.54 Å². The Morgan fingerprint density at radius 1 is 1.11 bits per heavy atom. The minimum absolute atomic E-state index is 0.0845. The number of benzene rings is 2. The lowest BCUT2D eigenvalue weighted by Gasteiger charge is -2.28. The fourth-order valence-electron chi connectivity index (χ4n) is 2.63. The van der Waals surface area contributed by atoms with Gasteiger partial charge in [-0.05, 0) is 35.2 Å². The van der Waals surface area contributed by atoms with Gasteiger partial charge in [-0.3, -0.25) is 9.59 Å². The Hall–Kier alpha value is -3.06. The Morgan fingerprint density at radius 3 is 2.48 bits per heavy atom. The van der Waals surface area contributed by atoms with Crippen LogP contribution in [-0.4, -0.2) is 42.1 Å². The Balaban J connectivity index is 1.70. The summed E-state index contributed by atoms with van der Waals surface area (Å²) in [4.78, 5) is 37.7. The number of carbonyl (C=O) groups excluding carboxylic acids is 3. The molecule has 1 aliphatic heterocycles. The second-order valence-corrected chi connectivity index (χ2v) is 6.63. The molecule has 0 saturated heterocycles. The molecule has 0 atom stereocenters. The first kappa shape index (κ1) is 18.7. The van der Waals surface area contributed by atoms with Gasteiger partial charge in [-0.25, -0.2) is 4.79 Å². The first-order valence-electron chi connectivity index (χ1n) is 8.24. The van der Waals surface area contributed by atoms with Crippen LogP contribution in [0.2, 0.25) is 0 Å². The van der Waals surface area contributed by atoms with E-state index in [2.05, 4.69) is 10.1 Å². The molecule has 0 unspecified atom stereocenters. The van der Waals surface area contributed by atoms with Gasteiger partial charge < -0.3 is 15.0 Å². The molecule has 3 rings (SSSR count). The second-order valence-electron chi connectivity index (χ2n) is 5.78. The van der Waals surface area contributed by atoms with E-state index in [1.165, 1.54) is 23.8 Å². The predicted octanol–water partition coefficient (Wildman–Crippen LogP) is 2.99. The highest BCUT2D eigenvalue weighted by atomic mass is 32.2. The van der Waals surface area contributed by atoms with Crippen molar-refractivity contribution in [2.45, 2.75) is 0 Å². The molecule has 7 heteroatoms. The number of methoxy groups -OCH3 is 1. The van der Waals surface area contributed by atoms with Crippen LogP contribution >= 0.6 is 11.8 Å². The van der Waals surface area contributed by atoms with Gasteiger partial charge in [-0.2, -0.15) is 0 Å². The van der Waals surface area contributed by atoms with Crippen LogP contribution in [0.25, 0.3) is 5.70 Å². The van der Waals surface area contributed by atoms with E-state index in [1.807, 2.05) is 35.7 Å². The molecule has 138 valence electrons. The summed E-state index contributed by atoms with van der Waals surface area (Å²) in [5, 5.41) is 4.64.